The van der Waals surface area contributed by atoms with E-state index in [1.165, 1.54) is 6.08 Å². The maximum atomic E-state index is 12.8. The van der Waals surface area contributed by atoms with Crippen LogP contribution < -0.4 is 15.4 Å². The number of aromatic amines is 1. The first-order valence-corrected chi connectivity index (χ1v) is 10.0. The molecular weight excluding hydrogens is 404 g/mol. The minimum Gasteiger partial charge on any atom is -0.496 e. The van der Waals surface area contributed by atoms with Gasteiger partial charge >= 0.3 is 0 Å². The Kier molecular flexibility index (Phi) is 5.98. The summed E-state index contributed by atoms with van der Waals surface area (Å²) in [6.07, 6.45) is 6.50. The second kappa shape index (κ2) is 9.18. The van der Waals surface area contributed by atoms with Gasteiger partial charge in [-0.25, -0.2) is 4.98 Å². The van der Waals surface area contributed by atoms with Gasteiger partial charge in [-0.1, -0.05) is 24.3 Å². The Morgan fingerprint density at radius 1 is 1.03 bits per heavy atom. The quantitative estimate of drug-likeness (QED) is 0.387. The molecule has 0 bridgehead atoms. The number of fused-ring (bicyclic) bond motifs is 1. The van der Waals surface area contributed by atoms with Gasteiger partial charge in [0.2, 0.25) is 5.91 Å². The summed E-state index contributed by atoms with van der Waals surface area (Å²) in [5.74, 6) is 0.0891. The number of nitrogens with one attached hydrogen (secondary N) is 3. The molecule has 4 aromatic rings. The Bertz CT molecular complexity index is 1320. The highest BCUT2D eigenvalue weighted by atomic mass is 16.5. The number of methoxy groups -OCH3 is 1. The van der Waals surface area contributed by atoms with Crippen LogP contribution in [0.25, 0.3) is 17.1 Å². The lowest BCUT2D eigenvalue weighted by molar-refractivity contribution is -0.111. The SMILES string of the molecule is COc1ccccc1/C=C\C(=O)Nc1ccc(C)c(C(=O)Nc2cnc3[nH]ccc3c2)c1. The van der Waals surface area contributed by atoms with Gasteiger partial charge in [0.25, 0.3) is 5.91 Å². The van der Waals surface area contributed by atoms with Crippen LogP contribution in [-0.2, 0) is 4.79 Å². The van der Waals surface area contributed by atoms with E-state index in [0.29, 0.717) is 22.7 Å². The van der Waals surface area contributed by atoms with Gasteiger partial charge in [0.05, 0.1) is 19.0 Å². The van der Waals surface area contributed by atoms with Crippen molar-refractivity contribution in [2.24, 2.45) is 0 Å². The largest absolute Gasteiger partial charge is 0.496 e. The van der Waals surface area contributed by atoms with Gasteiger partial charge in [0.1, 0.15) is 11.4 Å². The van der Waals surface area contributed by atoms with E-state index in [9.17, 15) is 9.59 Å². The molecule has 2 heterocycles. The van der Waals surface area contributed by atoms with Crippen molar-refractivity contribution >= 4 is 40.3 Å². The van der Waals surface area contributed by atoms with Gasteiger partial charge in [-0.15, -0.1) is 0 Å². The number of para-hydroxylation sites is 1. The van der Waals surface area contributed by atoms with Crippen LogP contribution in [0.4, 0.5) is 11.4 Å². The zero-order valence-corrected chi connectivity index (χ0v) is 17.7. The summed E-state index contributed by atoms with van der Waals surface area (Å²) < 4.78 is 5.29. The Balaban J connectivity index is 1.47. The van der Waals surface area contributed by atoms with E-state index in [0.717, 1.165) is 22.2 Å². The molecule has 2 aromatic heterocycles. The first-order chi connectivity index (χ1) is 15.5. The number of carbonyl (C=O) groups is 2. The van der Waals surface area contributed by atoms with Gasteiger partial charge < -0.3 is 20.4 Å². The van der Waals surface area contributed by atoms with E-state index in [1.807, 2.05) is 43.3 Å². The predicted octanol–water partition coefficient (Wildman–Crippen LogP) is 4.78. The number of anilines is 2. The third-order valence-electron chi connectivity index (χ3n) is 4.96. The van der Waals surface area contributed by atoms with Crippen LogP contribution in [0.1, 0.15) is 21.5 Å². The molecule has 0 saturated carbocycles. The van der Waals surface area contributed by atoms with Gasteiger partial charge in [-0.3, -0.25) is 9.59 Å². The zero-order valence-electron chi connectivity index (χ0n) is 17.7. The average molecular weight is 426 g/mol. The lowest BCUT2D eigenvalue weighted by Crippen LogP contribution is -2.15. The summed E-state index contributed by atoms with van der Waals surface area (Å²) in [7, 11) is 1.58. The minimum atomic E-state index is -0.312. The second-order valence-electron chi connectivity index (χ2n) is 7.19. The molecule has 0 saturated heterocycles. The fraction of sp³-hybridized carbons (Fsp3) is 0.0800. The molecule has 2 amide bonds. The predicted molar refractivity (Wildman–Crippen MR) is 126 cm³/mol. The van der Waals surface area contributed by atoms with Crippen molar-refractivity contribution in [1.29, 1.82) is 0 Å². The number of benzene rings is 2. The highest BCUT2D eigenvalue weighted by molar-refractivity contribution is 6.07. The van der Waals surface area contributed by atoms with Crippen molar-refractivity contribution in [2.75, 3.05) is 17.7 Å². The standard InChI is InChI=1S/C25H22N4O3/c1-16-7-9-19(28-23(30)10-8-17-5-3-4-6-22(17)32-2)14-21(16)25(31)29-20-13-18-11-12-26-24(18)27-15-20/h3-15H,1-2H3,(H,26,27)(H,28,30)(H,29,31)/b10-8-. The summed E-state index contributed by atoms with van der Waals surface area (Å²) in [5.41, 5.74) is 3.92. The van der Waals surface area contributed by atoms with Crippen LogP contribution in [0, 0.1) is 6.92 Å². The molecule has 0 aliphatic carbocycles. The smallest absolute Gasteiger partial charge is 0.256 e. The monoisotopic (exact) mass is 426 g/mol. The number of aromatic nitrogens is 2. The molecular formula is C25H22N4O3. The van der Waals surface area contributed by atoms with Crippen LogP contribution in [0.15, 0.2) is 73.1 Å². The van der Waals surface area contributed by atoms with Crippen LogP contribution in [0.2, 0.25) is 0 Å². The number of nitrogens with zero attached hydrogens (tertiary/aromatic N) is 1. The minimum absolute atomic E-state index is 0.278. The van der Waals surface area contributed by atoms with E-state index in [1.54, 1.807) is 43.8 Å². The van der Waals surface area contributed by atoms with Crippen molar-refractivity contribution in [1.82, 2.24) is 9.97 Å². The maximum absolute atomic E-state index is 12.8. The Morgan fingerprint density at radius 2 is 1.88 bits per heavy atom. The Morgan fingerprint density at radius 3 is 2.72 bits per heavy atom. The van der Waals surface area contributed by atoms with Crippen LogP contribution in [-0.4, -0.2) is 28.9 Å². The molecule has 32 heavy (non-hydrogen) atoms. The number of hydrogen-bond acceptors (Lipinski definition) is 4. The molecule has 7 heteroatoms. The van der Waals surface area contributed by atoms with Crippen LogP contribution in [0.3, 0.4) is 0 Å². The van der Waals surface area contributed by atoms with E-state index in [2.05, 4.69) is 20.6 Å². The Labute approximate surface area is 185 Å². The molecule has 0 atom stereocenters. The fourth-order valence-electron chi connectivity index (χ4n) is 3.30. The molecule has 0 aliphatic heterocycles. The van der Waals surface area contributed by atoms with Crippen LogP contribution in [0.5, 0.6) is 5.75 Å². The number of ether oxygens (including phenoxy) is 1. The van der Waals surface area contributed by atoms with Gasteiger partial charge in [0, 0.05) is 34.5 Å². The topological polar surface area (TPSA) is 96.1 Å². The summed E-state index contributed by atoms with van der Waals surface area (Å²) in [6.45, 7) is 1.84. The lowest BCUT2D eigenvalue weighted by Gasteiger charge is -2.10. The molecule has 0 aliphatic rings. The number of aryl methyl sites for hydroxylation is 1. The van der Waals surface area contributed by atoms with Crippen molar-refractivity contribution in [3.63, 3.8) is 0 Å². The first-order valence-electron chi connectivity index (χ1n) is 10.0. The maximum Gasteiger partial charge on any atom is 0.256 e. The number of rotatable bonds is 6. The fourth-order valence-corrected chi connectivity index (χ4v) is 3.30. The van der Waals surface area contributed by atoms with Crippen molar-refractivity contribution in [3.05, 3.63) is 89.8 Å². The summed E-state index contributed by atoms with van der Waals surface area (Å²) in [6, 6.07) is 16.4. The third-order valence-corrected chi connectivity index (χ3v) is 4.96. The number of carbonyl (C=O) groups excluding carboxylic acids is 2. The molecule has 0 fully saturated rings. The zero-order chi connectivity index (χ0) is 22.5. The van der Waals surface area contributed by atoms with Crippen LogP contribution >= 0.6 is 0 Å². The highest BCUT2D eigenvalue weighted by Crippen LogP contribution is 2.21. The summed E-state index contributed by atoms with van der Waals surface area (Å²) >= 11 is 0. The second-order valence-corrected chi connectivity index (χ2v) is 7.19. The first kappa shape index (κ1) is 20.9. The number of amides is 2. The number of pyridine rings is 1. The average Bonchev–Trinajstić information content (AvgIpc) is 3.27. The van der Waals surface area contributed by atoms with E-state index >= 15 is 0 Å². The van der Waals surface area contributed by atoms with Gasteiger partial charge in [0.15, 0.2) is 0 Å². The van der Waals surface area contributed by atoms with E-state index < -0.39 is 0 Å². The van der Waals surface area contributed by atoms with Crippen molar-refractivity contribution in [3.8, 4) is 5.75 Å². The molecule has 4 rings (SSSR count). The molecule has 160 valence electrons. The molecule has 0 radical (unpaired) electrons. The lowest BCUT2D eigenvalue weighted by atomic mass is 10.1. The van der Waals surface area contributed by atoms with E-state index in [4.69, 9.17) is 4.74 Å². The normalized spacial score (nSPS) is 10.9. The molecule has 2 aromatic carbocycles. The molecule has 7 nitrogen and oxygen atoms in total. The van der Waals surface area contributed by atoms with E-state index in [-0.39, 0.29) is 11.8 Å². The van der Waals surface area contributed by atoms with Crippen molar-refractivity contribution < 1.29 is 14.3 Å². The van der Waals surface area contributed by atoms with Gasteiger partial charge in [-0.2, -0.15) is 0 Å². The third kappa shape index (κ3) is 4.67. The van der Waals surface area contributed by atoms with Gasteiger partial charge in [-0.05, 0) is 48.9 Å². The number of hydrogen-bond donors (Lipinski definition) is 3. The van der Waals surface area contributed by atoms with Crippen molar-refractivity contribution in [2.45, 2.75) is 6.92 Å². The highest BCUT2D eigenvalue weighted by Gasteiger charge is 2.12. The molecule has 0 unspecified atom stereocenters. The summed E-state index contributed by atoms with van der Waals surface area (Å²) in [4.78, 5) is 32.5. The molecule has 3 N–H and O–H groups in total. The number of H-pyrrole nitrogens is 1. The molecule has 0 spiro atoms. The summed E-state index contributed by atoms with van der Waals surface area (Å²) in [5, 5.41) is 6.56. The Hall–Kier alpha value is -4.39.